The van der Waals surface area contributed by atoms with Crippen LogP contribution in [-0.2, 0) is 0 Å². The highest BCUT2D eigenvalue weighted by molar-refractivity contribution is 7.21. The maximum absolute atomic E-state index is 13.2. The molecular formula is C40H25N5O2S2. The zero-order valence-corrected chi connectivity index (χ0v) is 28.0. The summed E-state index contributed by atoms with van der Waals surface area (Å²) in [6.07, 6.45) is 1.76. The average molecular weight is 672 g/mol. The molecule has 0 saturated heterocycles. The van der Waals surface area contributed by atoms with Crippen LogP contribution in [0.2, 0.25) is 0 Å². The van der Waals surface area contributed by atoms with Gasteiger partial charge in [0.2, 0.25) is 5.43 Å². The highest BCUT2D eigenvalue weighted by atomic mass is 32.1. The van der Waals surface area contributed by atoms with E-state index in [1.807, 2.05) is 36.4 Å². The Kier molecular flexibility index (Phi) is 6.79. The van der Waals surface area contributed by atoms with E-state index in [1.54, 1.807) is 23.6 Å². The molecule has 9 heteroatoms. The molecule has 0 N–H and O–H groups in total. The zero-order chi connectivity index (χ0) is 33.2. The van der Waals surface area contributed by atoms with Crippen molar-refractivity contribution in [1.29, 1.82) is 0 Å². The van der Waals surface area contributed by atoms with Crippen molar-refractivity contribution in [2.24, 2.45) is 4.99 Å². The molecule has 3 aromatic heterocycles. The summed E-state index contributed by atoms with van der Waals surface area (Å²) in [5.41, 5.74) is 5.25. The second-order valence-corrected chi connectivity index (χ2v) is 13.6. The fraction of sp³-hybridized carbons (Fsp3) is 0.0500. The van der Waals surface area contributed by atoms with Gasteiger partial charge >= 0.3 is 0 Å². The molecule has 7 nitrogen and oxygen atoms in total. The molecule has 9 aromatic rings. The van der Waals surface area contributed by atoms with E-state index in [0.29, 0.717) is 21.8 Å². The van der Waals surface area contributed by atoms with E-state index in [0.717, 1.165) is 60.1 Å². The van der Waals surface area contributed by atoms with Gasteiger partial charge in [-0.05, 0) is 61.0 Å². The largest absolute Gasteiger partial charge is 0.301 e. The summed E-state index contributed by atoms with van der Waals surface area (Å²) in [5, 5.41) is 6.00. The molecule has 234 valence electrons. The molecule has 0 spiro atoms. The Morgan fingerprint density at radius 3 is 1.90 bits per heavy atom. The van der Waals surface area contributed by atoms with Gasteiger partial charge in [-0.15, -0.1) is 11.3 Å². The van der Waals surface area contributed by atoms with Crippen molar-refractivity contribution in [3.63, 3.8) is 0 Å². The molecule has 0 aliphatic heterocycles. The lowest BCUT2D eigenvalue weighted by Gasteiger charge is -2.24. The minimum absolute atomic E-state index is 0.0796. The van der Waals surface area contributed by atoms with Crippen LogP contribution in [0.1, 0.15) is 11.1 Å². The maximum atomic E-state index is 13.2. The predicted octanol–water partition coefficient (Wildman–Crippen LogP) is 9.19. The molecule has 0 unspecified atom stereocenters. The predicted molar refractivity (Wildman–Crippen MR) is 202 cm³/mol. The lowest BCUT2D eigenvalue weighted by molar-refractivity contribution is 1.23. The van der Waals surface area contributed by atoms with Crippen LogP contribution in [0.3, 0.4) is 0 Å². The number of nitrogens with zero attached hydrogens (tertiary/aromatic N) is 5. The number of hydrogen-bond acceptors (Lipinski definition) is 9. The molecule has 0 aliphatic rings. The SMILES string of the molecule is Cc1ccc(N(c2ccc(C)cc2)c2sc(-c3cnc(/N=c4\c(=O)c(=O)c5cc6ccccc6cc45)c4nsnc34)c3ccccc23)cc1. The van der Waals surface area contributed by atoms with E-state index >= 15 is 0 Å². The van der Waals surface area contributed by atoms with E-state index in [2.05, 4.69) is 89.9 Å². The van der Waals surface area contributed by atoms with Crippen molar-refractivity contribution in [2.75, 3.05) is 4.90 Å². The number of rotatable bonds is 5. The third-order valence-electron chi connectivity index (χ3n) is 8.93. The van der Waals surface area contributed by atoms with Crippen molar-refractivity contribution in [3.8, 4) is 10.4 Å². The van der Waals surface area contributed by atoms with Gasteiger partial charge in [-0.3, -0.25) is 9.59 Å². The Morgan fingerprint density at radius 1 is 0.633 bits per heavy atom. The topological polar surface area (TPSA) is 88.4 Å². The second-order valence-electron chi connectivity index (χ2n) is 12.1. The lowest BCUT2D eigenvalue weighted by Crippen LogP contribution is -2.30. The first-order valence-electron chi connectivity index (χ1n) is 15.7. The summed E-state index contributed by atoms with van der Waals surface area (Å²) in [5.74, 6) is 0.256. The first kappa shape index (κ1) is 29.3. The van der Waals surface area contributed by atoms with E-state index in [1.165, 1.54) is 11.1 Å². The number of fused-ring (bicyclic) bond motifs is 4. The number of aromatic nitrogens is 3. The second kappa shape index (κ2) is 11.4. The minimum Gasteiger partial charge on any atom is -0.301 e. The van der Waals surface area contributed by atoms with Gasteiger partial charge in [0.1, 0.15) is 21.4 Å². The fourth-order valence-electron chi connectivity index (χ4n) is 6.41. The molecule has 6 aromatic carbocycles. The molecule has 0 fully saturated rings. The Morgan fingerprint density at radius 2 is 1.22 bits per heavy atom. The summed E-state index contributed by atoms with van der Waals surface area (Å²) in [6, 6.07) is 36.8. The molecule has 0 atom stereocenters. The molecular weight excluding hydrogens is 647 g/mol. The van der Waals surface area contributed by atoms with Gasteiger partial charge in [0, 0.05) is 49.6 Å². The summed E-state index contributed by atoms with van der Waals surface area (Å²) in [4.78, 5) is 39.0. The molecule has 0 amide bonds. The zero-order valence-electron chi connectivity index (χ0n) is 26.3. The minimum atomic E-state index is -0.645. The Hall–Kier alpha value is -5.90. The number of hydrogen-bond donors (Lipinski definition) is 0. The quantitative estimate of drug-likeness (QED) is 0.170. The fourth-order valence-corrected chi connectivity index (χ4v) is 8.30. The van der Waals surface area contributed by atoms with Crippen LogP contribution in [0.5, 0.6) is 0 Å². The Bertz CT molecular complexity index is 2860. The van der Waals surface area contributed by atoms with Crippen molar-refractivity contribution in [3.05, 3.63) is 152 Å². The Labute approximate surface area is 287 Å². The van der Waals surface area contributed by atoms with Crippen LogP contribution in [0.4, 0.5) is 22.2 Å². The number of anilines is 3. The van der Waals surface area contributed by atoms with Crippen molar-refractivity contribution < 1.29 is 0 Å². The molecule has 3 heterocycles. The molecule has 0 aliphatic carbocycles. The highest BCUT2D eigenvalue weighted by Gasteiger charge is 2.24. The van der Waals surface area contributed by atoms with Gasteiger partial charge in [-0.2, -0.15) is 8.75 Å². The molecule has 49 heavy (non-hydrogen) atoms. The van der Waals surface area contributed by atoms with Crippen LogP contribution in [0, 0.1) is 13.8 Å². The average Bonchev–Trinajstić information content (AvgIpc) is 3.83. The molecule has 0 saturated carbocycles. The van der Waals surface area contributed by atoms with Crippen molar-refractivity contribution in [1.82, 2.24) is 13.7 Å². The molecule has 9 rings (SSSR count). The van der Waals surface area contributed by atoms with Crippen molar-refractivity contribution >= 4 is 88.6 Å². The first-order chi connectivity index (χ1) is 23.9. The van der Waals surface area contributed by atoms with Gasteiger partial charge < -0.3 is 4.90 Å². The van der Waals surface area contributed by atoms with Crippen LogP contribution in [0.25, 0.3) is 53.8 Å². The normalized spacial score (nSPS) is 12.2. The molecule has 0 bridgehead atoms. The highest BCUT2D eigenvalue weighted by Crippen LogP contribution is 2.50. The number of thiophene rings is 1. The smallest absolute Gasteiger partial charge is 0.252 e. The summed E-state index contributed by atoms with van der Waals surface area (Å²) in [6.45, 7) is 4.18. The van der Waals surface area contributed by atoms with E-state index in [-0.39, 0.29) is 11.2 Å². The Balaban J connectivity index is 1.25. The van der Waals surface area contributed by atoms with Crippen LogP contribution in [-0.4, -0.2) is 13.7 Å². The van der Waals surface area contributed by atoms with Gasteiger partial charge in [-0.25, -0.2) is 9.98 Å². The van der Waals surface area contributed by atoms with Crippen LogP contribution in [0.15, 0.2) is 130 Å². The number of benzene rings is 5. The monoisotopic (exact) mass is 671 g/mol. The third kappa shape index (κ3) is 4.77. The van der Waals surface area contributed by atoms with Gasteiger partial charge in [0.25, 0.3) is 5.43 Å². The third-order valence-corrected chi connectivity index (χ3v) is 10.7. The van der Waals surface area contributed by atoms with Gasteiger partial charge in [0.05, 0.1) is 11.7 Å². The van der Waals surface area contributed by atoms with Crippen molar-refractivity contribution in [2.45, 2.75) is 13.8 Å². The van der Waals surface area contributed by atoms with E-state index in [4.69, 9.17) is 14.3 Å². The first-order valence-corrected chi connectivity index (χ1v) is 17.3. The van der Waals surface area contributed by atoms with Gasteiger partial charge in [-0.1, -0.05) is 83.9 Å². The summed E-state index contributed by atoms with van der Waals surface area (Å²) in [7, 11) is 0. The maximum Gasteiger partial charge on any atom is 0.252 e. The van der Waals surface area contributed by atoms with Crippen LogP contribution >= 0.6 is 23.1 Å². The standard InChI is InChI=1S/C40H25N5O2S2/c1-22-11-15-26(16-12-22)45(27-17-13-23(2)14-18-27)40-29-10-6-5-9-28(29)38(48-40)32-21-41-39(35-33(32)43-49-44-35)42-34-30-19-24-7-3-4-8-25(24)20-31(30)36(46)37(34)47/h3-21H,1-2H3/b42-34-. The van der Waals surface area contributed by atoms with E-state index < -0.39 is 10.9 Å². The molecule has 0 radical (unpaired) electrons. The van der Waals surface area contributed by atoms with Gasteiger partial charge in [0.15, 0.2) is 5.82 Å². The van der Waals surface area contributed by atoms with Crippen LogP contribution < -0.4 is 21.1 Å². The van der Waals surface area contributed by atoms with E-state index in [9.17, 15) is 9.59 Å². The lowest BCUT2D eigenvalue weighted by atomic mass is 10.1. The number of pyridine rings is 1. The summed E-state index contributed by atoms with van der Waals surface area (Å²) >= 11 is 2.74. The number of aryl methyl sites for hydroxylation is 2. The summed E-state index contributed by atoms with van der Waals surface area (Å²) < 4.78 is 9.30.